The summed E-state index contributed by atoms with van der Waals surface area (Å²) >= 11 is 9.25. The van der Waals surface area contributed by atoms with Gasteiger partial charge in [-0.15, -0.1) is 6.42 Å². The van der Waals surface area contributed by atoms with E-state index in [1.165, 1.54) is 4.90 Å². The fraction of sp³-hybridized carbons (Fsp3) is 0.357. The normalized spacial score (nSPS) is 20.0. The quantitative estimate of drug-likeness (QED) is 0.745. The predicted molar refractivity (Wildman–Crippen MR) is 86.1 cm³/mol. The monoisotopic (exact) mass is 389 g/mol. The van der Waals surface area contributed by atoms with Crippen LogP contribution in [0.3, 0.4) is 0 Å². The van der Waals surface area contributed by atoms with Crippen molar-refractivity contribution in [2.45, 2.75) is 12.5 Å². The third-order valence-corrected chi connectivity index (χ3v) is 6.32. The molecule has 1 aromatic rings. The van der Waals surface area contributed by atoms with Crippen LogP contribution in [0.1, 0.15) is 16.8 Å². The van der Waals surface area contributed by atoms with Gasteiger partial charge in [-0.1, -0.05) is 17.5 Å². The lowest BCUT2D eigenvalue weighted by Gasteiger charge is -2.26. The van der Waals surface area contributed by atoms with E-state index in [2.05, 4.69) is 21.9 Å². The Hall–Kier alpha value is -1.03. The van der Waals surface area contributed by atoms with E-state index in [9.17, 15) is 13.2 Å². The minimum absolute atomic E-state index is 0.0370. The highest BCUT2D eigenvalue weighted by atomic mass is 79.9. The van der Waals surface area contributed by atoms with Crippen LogP contribution in [0.5, 0.6) is 0 Å². The van der Waals surface area contributed by atoms with Gasteiger partial charge >= 0.3 is 0 Å². The summed E-state index contributed by atoms with van der Waals surface area (Å²) in [7, 11) is -3.09. The molecule has 2 rings (SSSR count). The summed E-state index contributed by atoms with van der Waals surface area (Å²) < 4.78 is 23.9. The van der Waals surface area contributed by atoms with Gasteiger partial charge in [0.15, 0.2) is 9.84 Å². The van der Waals surface area contributed by atoms with Gasteiger partial charge in [-0.3, -0.25) is 4.79 Å². The lowest BCUT2D eigenvalue weighted by atomic mass is 10.1. The summed E-state index contributed by atoms with van der Waals surface area (Å²) in [6.45, 7) is 0.0761. The molecule has 21 heavy (non-hydrogen) atoms. The Morgan fingerprint density at radius 2 is 2.24 bits per heavy atom. The summed E-state index contributed by atoms with van der Waals surface area (Å²) in [5, 5.41) is 0.417. The standard InChI is InChI=1S/C14H13BrClNO3S/c1-2-6-17(11-5-7-21(19,20)9-11)14(18)10-3-4-12(15)13(16)8-10/h1,3-4,8,11H,5-7,9H2. The number of amides is 1. The van der Waals surface area contributed by atoms with Crippen molar-refractivity contribution in [2.24, 2.45) is 0 Å². The van der Waals surface area contributed by atoms with Crippen molar-refractivity contribution >= 4 is 43.3 Å². The van der Waals surface area contributed by atoms with E-state index < -0.39 is 9.84 Å². The lowest BCUT2D eigenvalue weighted by Crippen LogP contribution is -2.41. The highest BCUT2D eigenvalue weighted by Gasteiger charge is 2.34. The molecule has 112 valence electrons. The molecule has 1 fully saturated rings. The Morgan fingerprint density at radius 3 is 2.76 bits per heavy atom. The van der Waals surface area contributed by atoms with Crippen molar-refractivity contribution in [2.75, 3.05) is 18.1 Å². The molecule has 0 bridgehead atoms. The Bertz CT molecular complexity index is 711. The van der Waals surface area contributed by atoms with E-state index in [0.717, 1.165) is 0 Å². The van der Waals surface area contributed by atoms with Crippen molar-refractivity contribution in [1.29, 1.82) is 0 Å². The van der Waals surface area contributed by atoms with Gasteiger partial charge in [0.1, 0.15) is 0 Å². The van der Waals surface area contributed by atoms with E-state index in [1.54, 1.807) is 18.2 Å². The molecule has 7 heteroatoms. The van der Waals surface area contributed by atoms with Gasteiger partial charge in [0.05, 0.1) is 23.1 Å². The number of sulfone groups is 1. The maximum Gasteiger partial charge on any atom is 0.254 e. The molecule has 0 spiro atoms. The largest absolute Gasteiger partial charge is 0.323 e. The number of carbonyl (C=O) groups is 1. The first-order valence-corrected chi connectivity index (χ1v) is 9.23. The number of benzene rings is 1. The second-order valence-corrected chi connectivity index (χ2v) is 8.31. The van der Waals surface area contributed by atoms with Crippen LogP contribution >= 0.6 is 27.5 Å². The van der Waals surface area contributed by atoms with Crippen LogP contribution in [0.15, 0.2) is 22.7 Å². The van der Waals surface area contributed by atoms with E-state index in [4.69, 9.17) is 18.0 Å². The molecule has 1 atom stereocenters. The summed E-state index contributed by atoms with van der Waals surface area (Å²) in [4.78, 5) is 14.0. The fourth-order valence-corrected chi connectivity index (χ4v) is 4.44. The molecule has 0 N–H and O–H groups in total. The van der Waals surface area contributed by atoms with Crippen LogP contribution in [-0.2, 0) is 9.84 Å². The van der Waals surface area contributed by atoms with Gasteiger partial charge in [-0.25, -0.2) is 8.42 Å². The zero-order valence-corrected chi connectivity index (χ0v) is 14.2. The van der Waals surface area contributed by atoms with E-state index in [-0.39, 0.29) is 30.0 Å². The summed E-state index contributed by atoms with van der Waals surface area (Å²) in [6.07, 6.45) is 5.72. The van der Waals surface area contributed by atoms with Gasteiger partial charge in [0.2, 0.25) is 0 Å². The lowest BCUT2D eigenvalue weighted by molar-refractivity contribution is 0.0724. The number of halogens is 2. The van der Waals surface area contributed by atoms with Gasteiger partial charge < -0.3 is 4.90 Å². The Kier molecular flexibility index (Phi) is 4.97. The van der Waals surface area contributed by atoms with Crippen molar-refractivity contribution in [3.05, 3.63) is 33.3 Å². The molecule has 1 aliphatic heterocycles. The molecule has 1 amide bonds. The molecular formula is C14H13BrClNO3S. The smallest absolute Gasteiger partial charge is 0.254 e. The maximum atomic E-state index is 12.6. The number of terminal acetylenes is 1. The Morgan fingerprint density at radius 1 is 1.52 bits per heavy atom. The van der Waals surface area contributed by atoms with Crippen molar-refractivity contribution in [3.8, 4) is 12.3 Å². The number of rotatable bonds is 3. The second kappa shape index (κ2) is 6.39. The molecule has 0 saturated carbocycles. The van der Waals surface area contributed by atoms with Crippen LogP contribution in [0.2, 0.25) is 5.02 Å². The minimum Gasteiger partial charge on any atom is -0.323 e. The number of hydrogen-bond acceptors (Lipinski definition) is 3. The highest BCUT2D eigenvalue weighted by Crippen LogP contribution is 2.25. The molecule has 4 nitrogen and oxygen atoms in total. The number of nitrogens with zero attached hydrogens (tertiary/aromatic N) is 1. The molecular weight excluding hydrogens is 378 g/mol. The van der Waals surface area contributed by atoms with Crippen LogP contribution in [0.25, 0.3) is 0 Å². The fourth-order valence-electron chi connectivity index (χ4n) is 2.28. The van der Waals surface area contributed by atoms with Crippen LogP contribution in [0.4, 0.5) is 0 Å². The molecule has 1 aliphatic rings. The third-order valence-electron chi connectivity index (χ3n) is 3.34. The van der Waals surface area contributed by atoms with Crippen molar-refractivity contribution < 1.29 is 13.2 Å². The highest BCUT2D eigenvalue weighted by molar-refractivity contribution is 9.10. The predicted octanol–water partition coefficient (Wildman–Crippen LogP) is 2.37. The van der Waals surface area contributed by atoms with E-state index in [1.807, 2.05) is 0 Å². The molecule has 0 radical (unpaired) electrons. The van der Waals surface area contributed by atoms with Gasteiger partial charge in [-0.2, -0.15) is 0 Å². The zero-order chi connectivity index (χ0) is 15.6. The molecule has 0 aromatic heterocycles. The summed E-state index contributed by atoms with van der Waals surface area (Å²) in [5.41, 5.74) is 0.391. The topological polar surface area (TPSA) is 54.5 Å². The molecule has 1 saturated heterocycles. The summed E-state index contributed by atoms with van der Waals surface area (Å²) in [6, 6.07) is 4.47. The Labute approximate surface area is 137 Å². The first-order valence-electron chi connectivity index (χ1n) is 6.24. The third kappa shape index (κ3) is 3.79. The average Bonchev–Trinajstić information content (AvgIpc) is 2.78. The maximum absolute atomic E-state index is 12.6. The van der Waals surface area contributed by atoms with Gasteiger partial charge in [-0.05, 0) is 40.5 Å². The van der Waals surface area contributed by atoms with E-state index >= 15 is 0 Å². The zero-order valence-electron chi connectivity index (χ0n) is 11.1. The number of hydrogen-bond donors (Lipinski definition) is 0. The molecule has 0 aliphatic carbocycles. The van der Waals surface area contributed by atoms with Crippen molar-refractivity contribution in [1.82, 2.24) is 4.90 Å². The van der Waals surface area contributed by atoms with Crippen LogP contribution < -0.4 is 0 Å². The van der Waals surface area contributed by atoms with Crippen molar-refractivity contribution in [3.63, 3.8) is 0 Å². The molecule has 1 aromatic carbocycles. The molecule has 1 heterocycles. The summed E-state index contributed by atoms with van der Waals surface area (Å²) in [5.74, 6) is 2.17. The van der Waals surface area contributed by atoms with Gasteiger partial charge in [0.25, 0.3) is 5.91 Å². The van der Waals surface area contributed by atoms with Crippen LogP contribution in [-0.4, -0.2) is 43.3 Å². The van der Waals surface area contributed by atoms with Gasteiger partial charge in [0, 0.05) is 16.1 Å². The first-order chi connectivity index (χ1) is 9.84. The van der Waals surface area contributed by atoms with Crippen LogP contribution in [0, 0.1) is 12.3 Å². The average molecular weight is 391 g/mol. The SMILES string of the molecule is C#CCN(C(=O)c1ccc(Br)c(Cl)c1)C1CCS(=O)(=O)C1. The van der Waals surface area contributed by atoms with E-state index in [0.29, 0.717) is 21.5 Å². The molecule has 1 unspecified atom stereocenters. The number of carbonyl (C=O) groups excluding carboxylic acids is 1. The first kappa shape index (κ1) is 16.3. The minimum atomic E-state index is -3.09. The Balaban J connectivity index is 2.28. The second-order valence-electron chi connectivity index (χ2n) is 4.82.